The lowest BCUT2D eigenvalue weighted by atomic mass is 10.1. The molecule has 25 heavy (non-hydrogen) atoms. The van der Waals surface area contributed by atoms with Gasteiger partial charge in [0, 0.05) is 17.6 Å². The predicted molar refractivity (Wildman–Crippen MR) is 85.7 cm³/mol. The summed E-state index contributed by atoms with van der Waals surface area (Å²) in [5.74, 6) is -4.27. The predicted octanol–water partition coefficient (Wildman–Crippen LogP) is 3.85. The van der Waals surface area contributed by atoms with Gasteiger partial charge in [-0.15, -0.1) is 0 Å². The molecule has 5 nitrogen and oxygen atoms in total. The molecule has 0 unspecified atom stereocenters. The van der Waals surface area contributed by atoms with E-state index in [9.17, 15) is 18.0 Å². The zero-order chi connectivity index (χ0) is 18.1. The summed E-state index contributed by atoms with van der Waals surface area (Å²) in [5.41, 5.74) is 0.312. The third kappa shape index (κ3) is 2.86. The number of ether oxygens (including phenoxy) is 2. The zero-order valence-electron chi connectivity index (χ0n) is 13.2. The lowest BCUT2D eigenvalue weighted by Gasteiger charge is -2.09. The molecule has 0 spiro atoms. The van der Waals surface area contributed by atoms with Crippen LogP contribution in [0.3, 0.4) is 0 Å². The first-order chi connectivity index (χ1) is 12.0. The summed E-state index contributed by atoms with van der Waals surface area (Å²) in [6.07, 6.45) is 1.41. The molecule has 0 aliphatic carbocycles. The number of methoxy groups -OCH3 is 2. The molecule has 0 saturated carbocycles. The summed E-state index contributed by atoms with van der Waals surface area (Å²) < 4.78 is 50.3. The van der Waals surface area contributed by atoms with Gasteiger partial charge in [0.05, 0.1) is 31.0 Å². The molecule has 0 fully saturated rings. The number of benzene rings is 2. The molecule has 0 aliphatic heterocycles. The fraction of sp³-hybridized carbons (Fsp3) is 0.118. The molecule has 3 aromatic rings. The molecule has 2 aromatic carbocycles. The van der Waals surface area contributed by atoms with Gasteiger partial charge in [0.25, 0.3) is 5.91 Å². The van der Waals surface area contributed by atoms with Crippen LogP contribution in [0.15, 0.2) is 30.5 Å². The Labute approximate surface area is 140 Å². The van der Waals surface area contributed by atoms with Crippen LogP contribution in [0, 0.1) is 17.5 Å². The molecule has 3 rings (SSSR count). The number of anilines is 1. The van der Waals surface area contributed by atoms with E-state index in [1.54, 1.807) is 12.1 Å². The van der Waals surface area contributed by atoms with Gasteiger partial charge in [0.2, 0.25) is 0 Å². The summed E-state index contributed by atoms with van der Waals surface area (Å²) in [5, 5.41) is 2.72. The van der Waals surface area contributed by atoms with E-state index < -0.39 is 29.0 Å². The molecular weight excluding hydrogens is 337 g/mol. The van der Waals surface area contributed by atoms with Crippen molar-refractivity contribution in [3.63, 3.8) is 0 Å². The maximum Gasteiger partial charge on any atom is 0.257 e. The van der Waals surface area contributed by atoms with Crippen molar-refractivity contribution >= 4 is 22.5 Å². The second kappa shape index (κ2) is 6.39. The van der Waals surface area contributed by atoms with Crippen molar-refractivity contribution in [2.45, 2.75) is 0 Å². The minimum absolute atomic E-state index is 0.181. The number of amides is 1. The number of H-pyrrole nitrogens is 1. The number of halogens is 3. The highest BCUT2D eigenvalue weighted by atomic mass is 19.2. The standard InChI is InChI=1S/C17H13F3N2O3/c1-24-13-5-8-9(7-21-12(8)6-14(13)25-2)17(23)22-11-4-3-10(18)15(19)16(11)20/h3-7,21H,1-2H3,(H,22,23). The van der Waals surface area contributed by atoms with Crippen LogP contribution in [0.25, 0.3) is 10.9 Å². The molecule has 8 heteroatoms. The number of carbonyl (C=O) groups excluding carboxylic acids is 1. The van der Waals surface area contributed by atoms with Crippen LogP contribution in [-0.2, 0) is 0 Å². The van der Waals surface area contributed by atoms with E-state index in [1.807, 2.05) is 0 Å². The van der Waals surface area contributed by atoms with Gasteiger partial charge in [0.1, 0.15) is 0 Å². The van der Waals surface area contributed by atoms with E-state index >= 15 is 0 Å². The molecule has 0 radical (unpaired) electrons. The van der Waals surface area contributed by atoms with Crippen molar-refractivity contribution < 1.29 is 27.4 Å². The smallest absolute Gasteiger partial charge is 0.257 e. The molecule has 1 aromatic heterocycles. The SMILES string of the molecule is COc1cc2[nH]cc(C(=O)Nc3ccc(F)c(F)c3F)c2cc1OC. The molecule has 0 bridgehead atoms. The molecule has 0 atom stereocenters. The van der Waals surface area contributed by atoms with Gasteiger partial charge in [-0.2, -0.15) is 0 Å². The first-order valence-electron chi connectivity index (χ1n) is 7.14. The summed E-state index contributed by atoms with van der Waals surface area (Å²) in [7, 11) is 2.93. The number of aromatic amines is 1. The molecule has 0 aliphatic rings. The van der Waals surface area contributed by atoms with Gasteiger partial charge in [-0.3, -0.25) is 4.79 Å². The van der Waals surface area contributed by atoms with Gasteiger partial charge in [-0.1, -0.05) is 0 Å². The van der Waals surface area contributed by atoms with Crippen molar-refractivity contribution in [2.75, 3.05) is 19.5 Å². The highest BCUT2D eigenvalue weighted by Crippen LogP contribution is 2.33. The molecule has 0 saturated heterocycles. The summed E-state index contributed by atoms with van der Waals surface area (Å²) >= 11 is 0. The van der Waals surface area contributed by atoms with Crippen LogP contribution in [0.4, 0.5) is 18.9 Å². The number of nitrogens with one attached hydrogen (secondary N) is 2. The number of rotatable bonds is 4. The number of carbonyl (C=O) groups is 1. The average Bonchev–Trinajstić information content (AvgIpc) is 3.03. The Hall–Kier alpha value is -3.16. The Morgan fingerprint density at radius 1 is 1.04 bits per heavy atom. The second-order valence-electron chi connectivity index (χ2n) is 5.13. The first kappa shape index (κ1) is 16.7. The number of aromatic nitrogens is 1. The normalized spacial score (nSPS) is 10.8. The first-order valence-corrected chi connectivity index (χ1v) is 7.14. The Kier molecular flexibility index (Phi) is 4.26. The van der Waals surface area contributed by atoms with E-state index in [2.05, 4.69) is 10.3 Å². The molecular formula is C17H13F3N2O3. The van der Waals surface area contributed by atoms with E-state index in [0.29, 0.717) is 22.4 Å². The van der Waals surface area contributed by atoms with Gasteiger partial charge in [-0.25, -0.2) is 13.2 Å². The van der Waals surface area contributed by atoms with Crippen molar-refractivity contribution in [1.82, 2.24) is 4.98 Å². The van der Waals surface area contributed by atoms with Crippen LogP contribution in [0.1, 0.15) is 10.4 Å². The second-order valence-corrected chi connectivity index (χ2v) is 5.13. The largest absolute Gasteiger partial charge is 0.493 e. The minimum Gasteiger partial charge on any atom is -0.493 e. The highest BCUT2D eigenvalue weighted by molar-refractivity contribution is 6.13. The van der Waals surface area contributed by atoms with E-state index in [4.69, 9.17) is 9.47 Å². The summed E-state index contributed by atoms with van der Waals surface area (Å²) in [6, 6.07) is 4.91. The number of hydrogen-bond acceptors (Lipinski definition) is 3. The molecule has 130 valence electrons. The Morgan fingerprint density at radius 3 is 2.40 bits per heavy atom. The third-order valence-corrected chi connectivity index (χ3v) is 3.71. The Morgan fingerprint density at radius 2 is 1.72 bits per heavy atom. The van der Waals surface area contributed by atoms with Crippen molar-refractivity contribution in [3.05, 3.63) is 53.5 Å². The zero-order valence-corrected chi connectivity index (χ0v) is 13.2. The maximum atomic E-state index is 13.7. The van der Waals surface area contributed by atoms with Crippen molar-refractivity contribution in [3.8, 4) is 11.5 Å². The minimum atomic E-state index is -1.65. The Bertz CT molecular complexity index is 969. The van der Waals surface area contributed by atoms with Gasteiger partial charge >= 0.3 is 0 Å². The van der Waals surface area contributed by atoms with Crippen LogP contribution < -0.4 is 14.8 Å². The number of hydrogen-bond donors (Lipinski definition) is 2. The maximum absolute atomic E-state index is 13.7. The lowest BCUT2D eigenvalue weighted by molar-refractivity contribution is 0.102. The fourth-order valence-corrected chi connectivity index (χ4v) is 2.45. The third-order valence-electron chi connectivity index (χ3n) is 3.71. The fourth-order valence-electron chi connectivity index (χ4n) is 2.45. The summed E-state index contributed by atoms with van der Waals surface area (Å²) in [4.78, 5) is 15.3. The molecule has 1 heterocycles. The van der Waals surface area contributed by atoms with Gasteiger partial charge < -0.3 is 19.8 Å². The van der Waals surface area contributed by atoms with Crippen LogP contribution in [0.2, 0.25) is 0 Å². The highest BCUT2D eigenvalue weighted by Gasteiger charge is 2.19. The average molecular weight is 350 g/mol. The molecule has 1 amide bonds. The van der Waals surface area contributed by atoms with Crippen molar-refractivity contribution in [1.29, 1.82) is 0 Å². The lowest BCUT2D eigenvalue weighted by Crippen LogP contribution is -2.13. The molecule has 2 N–H and O–H groups in total. The summed E-state index contributed by atoms with van der Waals surface area (Å²) in [6.45, 7) is 0. The van der Waals surface area contributed by atoms with Gasteiger partial charge in [0.15, 0.2) is 29.0 Å². The van der Waals surface area contributed by atoms with Crippen LogP contribution in [-0.4, -0.2) is 25.1 Å². The Balaban J connectivity index is 1.99. The van der Waals surface area contributed by atoms with Crippen LogP contribution in [0.5, 0.6) is 11.5 Å². The van der Waals surface area contributed by atoms with Gasteiger partial charge in [-0.05, 0) is 18.2 Å². The number of fused-ring (bicyclic) bond motifs is 1. The van der Waals surface area contributed by atoms with Crippen LogP contribution >= 0.6 is 0 Å². The van der Waals surface area contributed by atoms with E-state index in [-0.39, 0.29) is 5.56 Å². The topological polar surface area (TPSA) is 63.4 Å². The quantitative estimate of drug-likeness (QED) is 0.703. The van der Waals surface area contributed by atoms with E-state index in [1.165, 1.54) is 20.4 Å². The van der Waals surface area contributed by atoms with E-state index in [0.717, 1.165) is 12.1 Å². The van der Waals surface area contributed by atoms with Crippen molar-refractivity contribution in [2.24, 2.45) is 0 Å². The monoisotopic (exact) mass is 350 g/mol.